The maximum absolute atomic E-state index is 13.4. The standard InChI is InChI=1S/C22H25ClF3NO/c1-21(2)19(15-4-3-5-16(17(15)23)22(24,25)26)27(20(21)28)18-13-7-11-6-12(9-13)10-14(18)8-11/h3-5,11-14,18-19H,6-10H2,1-2H3. The smallest absolute Gasteiger partial charge is 0.330 e. The molecule has 152 valence electrons. The van der Waals surface area contributed by atoms with E-state index < -0.39 is 23.2 Å². The van der Waals surface area contributed by atoms with E-state index in [1.807, 2.05) is 18.7 Å². The molecule has 5 aliphatic rings. The zero-order valence-corrected chi connectivity index (χ0v) is 16.9. The van der Waals surface area contributed by atoms with Gasteiger partial charge in [0.05, 0.1) is 22.0 Å². The highest BCUT2D eigenvalue weighted by molar-refractivity contribution is 6.32. The summed E-state index contributed by atoms with van der Waals surface area (Å²) < 4.78 is 40.2. The van der Waals surface area contributed by atoms with Crippen molar-refractivity contribution >= 4 is 17.5 Å². The van der Waals surface area contributed by atoms with Crippen LogP contribution in [-0.2, 0) is 11.0 Å². The third kappa shape index (κ3) is 2.50. The lowest BCUT2D eigenvalue weighted by Gasteiger charge is -2.64. The van der Waals surface area contributed by atoms with E-state index >= 15 is 0 Å². The quantitative estimate of drug-likeness (QED) is 0.539. The fourth-order valence-electron chi connectivity index (χ4n) is 7.03. The van der Waals surface area contributed by atoms with Crippen LogP contribution in [0.4, 0.5) is 13.2 Å². The average Bonchev–Trinajstić information content (AvgIpc) is 2.59. The van der Waals surface area contributed by atoms with E-state index in [0.717, 1.165) is 43.6 Å². The van der Waals surface area contributed by atoms with Crippen molar-refractivity contribution in [1.82, 2.24) is 4.90 Å². The van der Waals surface area contributed by atoms with Crippen molar-refractivity contribution in [2.24, 2.45) is 29.1 Å². The van der Waals surface area contributed by atoms with Crippen LogP contribution in [0.5, 0.6) is 0 Å². The number of hydrogen-bond donors (Lipinski definition) is 0. The van der Waals surface area contributed by atoms with Crippen LogP contribution in [0.2, 0.25) is 5.02 Å². The second kappa shape index (κ2) is 5.90. The SMILES string of the molecule is CC1(C)C(=O)N(C2C3CC4CC(C3)CC2C4)C1c1cccc(C(F)(F)F)c1Cl. The number of carbonyl (C=O) groups excluding carboxylic acids is 1. The van der Waals surface area contributed by atoms with Crippen LogP contribution in [0.1, 0.15) is 63.1 Å². The third-order valence-corrected chi connectivity index (χ3v) is 8.30. The summed E-state index contributed by atoms with van der Waals surface area (Å²) in [4.78, 5) is 15.1. The van der Waals surface area contributed by atoms with Gasteiger partial charge in [0.25, 0.3) is 0 Å². The van der Waals surface area contributed by atoms with Crippen LogP contribution in [0, 0.1) is 29.1 Å². The predicted molar refractivity (Wildman–Crippen MR) is 101 cm³/mol. The number of likely N-dealkylation sites (tertiary alicyclic amines) is 1. The number of alkyl halides is 3. The molecule has 5 fully saturated rings. The number of halogens is 4. The Balaban J connectivity index is 1.55. The molecule has 1 saturated heterocycles. The van der Waals surface area contributed by atoms with Crippen molar-refractivity contribution in [3.05, 3.63) is 34.3 Å². The lowest BCUT2D eigenvalue weighted by molar-refractivity contribution is -0.191. The molecule has 4 aliphatic carbocycles. The van der Waals surface area contributed by atoms with Gasteiger partial charge in [0.15, 0.2) is 0 Å². The van der Waals surface area contributed by atoms with Crippen LogP contribution in [-0.4, -0.2) is 16.8 Å². The predicted octanol–water partition coefficient (Wildman–Crippen LogP) is 6.09. The van der Waals surface area contributed by atoms with Gasteiger partial charge in [-0.15, -0.1) is 0 Å². The minimum atomic E-state index is -4.50. The highest BCUT2D eigenvalue weighted by Crippen LogP contribution is 2.61. The van der Waals surface area contributed by atoms with E-state index in [-0.39, 0.29) is 17.0 Å². The Morgan fingerprint density at radius 2 is 1.61 bits per heavy atom. The van der Waals surface area contributed by atoms with Gasteiger partial charge in [-0.1, -0.05) is 23.7 Å². The highest BCUT2D eigenvalue weighted by atomic mass is 35.5. The molecule has 4 bridgehead atoms. The molecule has 0 aromatic heterocycles. The summed E-state index contributed by atoms with van der Waals surface area (Å²) in [5, 5.41) is -0.255. The molecule has 1 atom stereocenters. The molecule has 28 heavy (non-hydrogen) atoms. The van der Waals surface area contributed by atoms with Gasteiger partial charge in [-0.3, -0.25) is 4.79 Å². The minimum Gasteiger partial charge on any atom is -0.330 e. The van der Waals surface area contributed by atoms with Gasteiger partial charge >= 0.3 is 6.18 Å². The van der Waals surface area contributed by atoms with Crippen LogP contribution >= 0.6 is 11.6 Å². The third-order valence-electron chi connectivity index (χ3n) is 7.87. The maximum Gasteiger partial charge on any atom is 0.417 e. The second-order valence-corrected chi connectivity index (χ2v) is 10.3. The van der Waals surface area contributed by atoms with E-state index in [9.17, 15) is 18.0 Å². The lowest BCUT2D eigenvalue weighted by atomic mass is 9.52. The zero-order valence-electron chi connectivity index (χ0n) is 16.1. The highest BCUT2D eigenvalue weighted by Gasteiger charge is 2.62. The van der Waals surface area contributed by atoms with E-state index in [1.54, 1.807) is 6.07 Å². The molecule has 1 amide bonds. The fourth-order valence-corrected chi connectivity index (χ4v) is 7.36. The Morgan fingerprint density at radius 1 is 1.04 bits per heavy atom. The summed E-state index contributed by atoms with van der Waals surface area (Å²) in [5.41, 5.74) is -1.11. The first kappa shape index (κ1) is 18.8. The molecule has 1 aromatic carbocycles. The maximum atomic E-state index is 13.4. The molecule has 0 N–H and O–H groups in total. The molecule has 0 radical (unpaired) electrons. The number of benzene rings is 1. The summed E-state index contributed by atoms with van der Waals surface area (Å²) in [7, 11) is 0. The topological polar surface area (TPSA) is 20.3 Å². The van der Waals surface area contributed by atoms with Crippen LogP contribution in [0.25, 0.3) is 0 Å². The first-order chi connectivity index (χ1) is 13.1. The number of β-lactam (4-membered cyclic amide) rings is 1. The summed E-state index contributed by atoms with van der Waals surface area (Å²) >= 11 is 6.27. The molecule has 4 saturated carbocycles. The Kier molecular flexibility index (Phi) is 3.96. The fraction of sp³-hybridized carbons (Fsp3) is 0.682. The number of carbonyl (C=O) groups is 1. The first-order valence-electron chi connectivity index (χ1n) is 10.3. The molecule has 2 nitrogen and oxygen atoms in total. The van der Waals surface area contributed by atoms with Crippen molar-refractivity contribution in [2.45, 2.75) is 64.2 Å². The molecule has 1 unspecified atom stereocenters. The van der Waals surface area contributed by atoms with Crippen LogP contribution < -0.4 is 0 Å². The van der Waals surface area contributed by atoms with E-state index in [1.165, 1.54) is 12.5 Å². The number of amides is 1. The van der Waals surface area contributed by atoms with Crippen molar-refractivity contribution in [3.8, 4) is 0 Å². The van der Waals surface area contributed by atoms with Crippen LogP contribution in [0.15, 0.2) is 18.2 Å². The molecule has 6 heteroatoms. The molecule has 1 heterocycles. The molecule has 0 spiro atoms. The summed E-state index contributed by atoms with van der Waals surface area (Å²) in [6, 6.07) is 3.87. The lowest BCUT2D eigenvalue weighted by Crippen LogP contribution is -2.69. The van der Waals surface area contributed by atoms with Gasteiger partial charge in [0.1, 0.15) is 0 Å². The summed E-state index contributed by atoms with van der Waals surface area (Å²) in [6.07, 6.45) is 1.45. The van der Waals surface area contributed by atoms with E-state index in [0.29, 0.717) is 17.4 Å². The second-order valence-electron chi connectivity index (χ2n) is 9.96. The minimum absolute atomic E-state index is 0.0588. The summed E-state index contributed by atoms with van der Waals surface area (Å²) in [6.45, 7) is 3.67. The van der Waals surface area contributed by atoms with Gasteiger partial charge in [0.2, 0.25) is 5.91 Å². The normalized spacial score (nSPS) is 38.6. The molecular formula is C22H25ClF3NO. The Bertz CT molecular complexity index is 806. The van der Waals surface area contributed by atoms with Crippen LogP contribution in [0.3, 0.4) is 0 Å². The Labute approximate surface area is 168 Å². The largest absolute Gasteiger partial charge is 0.417 e. The number of nitrogens with zero attached hydrogens (tertiary/aromatic N) is 1. The van der Waals surface area contributed by atoms with Gasteiger partial charge in [0, 0.05) is 6.04 Å². The van der Waals surface area contributed by atoms with Crippen molar-refractivity contribution in [3.63, 3.8) is 0 Å². The Hall–Kier alpha value is -1.23. The monoisotopic (exact) mass is 411 g/mol. The van der Waals surface area contributed by atoms with Gasteiger partial charge in [-0.05, 0) is 81.3 Å². The van der Waals surface area contributed by atoms with Crippen molar-refractivity contribution < 1.29 is 18.0 Å². The number of hydrogen-bond acceptors (Lipinski definition) is 1. The average molecular weight is 412 g/mol. The molecular weight excluding hydrogens is 387 g/mol. The molecule has 1 aromatic rings. The first-order valence-corrected chi connectivity index (χ1v) is 10.6. The molecule has 1 aliphatic heterocycles. The number of rotatable bonds is 2. The molecule has 6 rings (SSSR count). The zero-order chi connectivity index (χ0) is 20.0. The van der Waals surface area contributed by atoms with Gasteiger partial charge in [-0.2, -0.15) is 13.2 Å². The van der Waals surface area contributed by atoms with Crippen molar-refractivity contribution in [2.75, 3.05) is 0 Å². The van der Waals surface area contributed by atoms with E-state index in [2.05, 4.69) is 0 Å². The summed E-state index contributed by atoms with van der Waals surface area (Å²) in [5.74, 6) is 2.59. The van der Waals surface area contributed by atoms with Crippen molar-refractivity contribution in [1.29, 1.82) is 0 Å². The Morgan fingerprint density at radius 3 is 2.14 bits per heavy atom. The van der Waals surface area contributed by atoms with E-state index in [4.69, 9.17) is 11.6 Å². The van der Waals surface area contributed by atoms with Gasteiger partial charge < -0.3 is 4.90 Å². The van der Waals surface area contributed by atoms with Gasteiger partial charge in [-0.25, -0.2) is 0 Å².